The Balaban J connectivity index is 2.17. The highest BCUT2D eigenvalue weighted by Gasteiger charge is 2.20. The SMILES string of the molecule is CCC(=O)N1CCc2ccc(C(O)COC)cc2C1. The Labute approximate surface area is 114 Å². The van der Waals surface area contributed by atoms with Gasteiger partial charge in [-0.05, 0) is 23.1 Å². The van der Waals surface area contributed by atoms with Crippen molar-refractivity contribution in [3.05, 3.63) is 34.9 Å². The topological polar surface area (TPSA) is 49.8 Å². The molecule has 0 saturated carbocycles. The van der Waals surface area contributed by atoms with E-state index in [2.05, 4.69) is 6.07 Å². The zero-order valence-corrected chi connectivity index (χ0v) is 11.6. The lowest BCUT2D eigenvalue weighted by Gasteiger charge is -2.29. The Morgan fingerprint density at radius 1 is 1.47 bits per heavy atom. The molecule has 0 bridgehead atoms. The second-order valence-corrected chi connectivity index (χ2v) is 4.92. The molecular formula is C15H21NO3. The Hall–Kier alpha value is -1.39. The van der Waals surface area contributed by atoms with Gasteiger partial charge in [-0.1, -0.05) is 25.1 Å². The van der Waals surface area contributed by atoms with Crippen molar-refractivity contribution in [3.63, 3.8) is 0 Å². The van der Waals surface area contributed by atoms with Gasteiger partial charge in [-0.15, -0.1) is 0 Å². The van der Waals surface area contributed by atoms with E-state index in [0.717, 1.165) is 24.1 Å². The maximum atomic E-state index is 11.8. The van der Waals surface area contributed by atoms with Gasteiger partial charge in [-0.25, -0.2) is 0 Å². The molecule has 1 amide bonds. The van der Waals surface area contributed by atoms with E-state index in [9.17, 15) is 9.90 Å². The number of rotatable bonds is 4. The summed E-state index contributed by atoms with van der Waals surface area (Å²) in [6.45, 7) is 3.61. The monoisotopic (exact) mass is 263 g/mol. The van der Waals surface area contributed by atoms with Crippen LogP contribution in [0.5, 0.6) is 0 Å². The van der Waals surface area contributed by atoms with Crippen LogP contribution in [-0.4, -0.2) is 36.2 Å². The summed E-state index contributed by atoms with van der Waals surface area (Å²) in [4.78, 5) is 13.6. The van der Waals surface area contributed by atoms with E-state index < -0.39 is 6.10 Å². The summed E-state index contributed by atoms with van der Waals surface area (Å²) in [5, 5.41) is 9.94. The van der Waals surface area contributed by atoms with Crippen molar-refractivity contribution in [2.45, 2.75) is 32.4 Å². The largest absolute Gasteiger partial charge is 0.386 e. The number of aliphatic hydroxyl groups excluding tert-OH is 1. The molecule has 1 heterocycles. The average Bonchev–Trinajstić information content (AvgIpc) is 2.45. The van der Waals surface area contributed by atoms with Gasteiger partial charge in [0.2, 0.25) is 5.91 Å². The van der Waals surface area contributed by atoms with Crippen LogP contribution >= 0.6 is 0 Å². The third-order valence-electron chi connectivity index (χ3n) is 3.61. The standard InChI is InChI=1S/C15H21NO3/c1-3-15(18)16-7-6-11-4-5-12(8-13(11)9-16)14(17)10-19-2/h4-5,8,14,17H,3,6-7,9-10H2,1-2H3. The molecule has 0 saturated heterocycles. The van der Waals surface area contributed by atoms with Crippen molar-refractivity contribution in [1.29, 1.82) is 0 Å². The van der Waals surface area contributed by atoms with Gasteiger partial charge in [-0.2, -0.15) is 0 Å². The van der Waals surface area contributed by atoms with Gasteiger partial charge in [0.05, 0.1) is 6.61 Å². The number of hydrogen-bond acceptors (Lipinski definition) is 3. The molecule has 1 unspecified atom stereocenters. The van der Waals surface area contributed by atoms with E-state index >= 15 is 0 Å². The fraction of sp³-hybridized carbons (Fsp3) is 0.533. The fourth-order valence-electron chi connectivity index (χ4n) is 2.47. The number of ether oxygens (including phenoxy) is 1. The highest BCUT2D eigenvalue weighted by Crippen LogP contribution is 2.24. The van der Waals surface area contributed by atoms with Crippen LogP contribution in [0.15, 0.2) is 18.2 Å². The van der Waals surface area contributed by atoms with Crippen molar-refractivity contribution in [2.24, 2.45) is 0 Å². The van der Waals surface area contributed by atoms with E-state index in [1.807, 2.05) is 24.0 Å². The molecule has 0 spiro atoms. The normalized spacial score (nSPS) is 16.1. The van der Waals surface area contributed by atoms with Gasteiger partial charge < -0.3 is 14.7 Å². The molecule has 0 radical (unpaired) electrons. The highest BCUT2D eigenvalue weighted by atomic mass is 16.5. The minimum Gasteiger partial charge on any atom is -0.386 e. The first-order valence-electron chi connectivity index (χ1n) is 6.72. The predicted molar refractivity (Wildman–Crippen MR) is 72.7 cm³/mol. The van der Waals surface area contributed by atoms with Gasteiger partial charge in [-0.3, -0.25) is 4.79 Å². The number of hydrogen-bond donors (Lipinski definition) is 1. The number of aliphatic hydroxyl groups is 1. The zero-order chi connectivity index (χ0) is 13.8. The first-order valence-corrected chi connectivity index (χ1v) is 6.72. The van der Waals surface area contributed by atoms with Crippen LogP contribution in [0.4, 0.5) is 0 Å². The molecule has 1 N–H and O–H groups in total. The molecular weight excluding hydrogens is 242 g/mol. The number of fused-ring (bicyclic) bond motifs is 1. The van der Waals surface area contributed by atoms with Gasteiger partial charge in [0.25, 0.3) is 0 Å². The fourth-order valence-corrected chi connectivity index (χ4v) is 2.47. The van der Waals surface area contributed by atoms with E-state index in [4.69, 9.17) is 4.74 Å². The van der Waals surface area contributed by atoms with Crippen LogP contribution in [-0.2, 0) is 22.5 Å². The molecule has 4 nitrogen and oxygen atoms in total. The third kappa shape index (κ3) is 3.14. The van der Waals surface area contributed by atoms with Crippen LogP contribution in [0.2, 0.25) is 0 Å². The van der Waals surface area contributed by atoms with Crippen molar-refractivity contribution < 1.29 is 14.6 Å². The molecule has 0 aromatic heterocycles. The number of carbonyl (C=O) groups is 1. The molecule has 19 heavy (non-hydrogen) atoms. The van der Waals surface area contributed by atoms with E-state index in [1.165, 1.54) is 5.56 Å². The smallest absolute Gasteiger partial charge is 0.222 e. The lowest BCUT2D eigenvalue weighted by atomic mass is 9.95. The Kier molecular flexibility index (Phi) is 4.56. The van der Waals surface area contributed by atoms with Gasteiger partial charge in [0, 0.05) is 26.6 Å². The number of amides is 1. The zero-order valence-electron chi connectivity index (χ0n) is 11.6. The maximum Gasteiger partial charge on any atom is 0.222 e. The molecule has 1 aliphatic heterocycles. The van der Waals surface area contributed by atoms with Crippen molar-refractivity contribution in [3.8, 4) is 0 Å². The van der Waals surface area contributed by atoms with E-state index in [1.54, 1.807) is 7.11 Å². The summed E-state index contributed by atoms with van der Waals surface area (Å²) in [6.07, 6.45) is 0.829. The van der Waals surface area contributed by atoms with E-state index in [-0.39, 0.29) is 12.5 Å². The summed E-state index contributed by atoms with van der Waals surface area (Å²) in [5.41, 5.74) is 3.26. The number of nitrogens with zero attached hydrogens (tertiary/aromatic N) is 1. The van der Waals surface area contributed by atoms with Gasteiger partial charge in [0.1, 0.15) is 6.10 Å². The maximum absolute atomic E-state index is 11.8. The average molecular weight is 263 g/mol. The summed E-state index contributed by atoms with van der Waals surface area (Å²) >= 11 is 0. The minimum atomic E-state index is -0.604. The Morgan fingerprint density at radius 2 is 2.26 bits per heavy atom. The van der Waals surface area contributed by atoms with Crippen molar-refractivity contribution in [1.82, 2.24) is 4.90 Å². The lowest BCUT2D eigenvalue weighted by molar-refractivity contribution is -0.131. The van der Waals surface area contributed by atoms with Crippen molar-refractivity contribution >= 4 is 5.91 Å². The van der Waals surface area contributed by atoms with Gasteiger partial charge in [0.15, 0.2) is 0 Å². The second kappa shape index (κ2) is 6.17. The quantitative estimate of drug-likeness (QED) is 0.899. The van der Waals surface area contributed by atoms with Crippen molar-refractivity contribution in [2.75, 3.05) is 20.3 Å². The van der Waals surface area contributed by atoms with E-state index in [0.29, 0.717) is 13.0 Å². The van der Waals surface area contributed by atoms with Crippen LogP contribution in [0, 0.1) is 0 Å². The summed E-state index contributed by atoms with van der Waals surface area (Å²) in [6, 6.07) is 5.99. The van der Waals surface area contributed by atoms with Crippen LogP contribution < -0.4 is 0 Å². The third-order valence-corrected chi connectivity index (χ3v) is 3.61. The van der Waals surface area contributed by atoms with Gasteiger partial charge >= 0.3 is 0 Å². The minimum absolute atomic E-state index is 0.188. The molecule has 104 valence electrons. The van der Waals surface area contributed by atoms with Crippen LogP contribution in [0.1, 0.15) is 36.1 Å². The second-order valence-electron chi connectivity index (χ2n) is 4.92. The van der Waals surface area contributed by atoms with Crippen LogP contribution in [0.25, 0.3) is 0 Å². The summed E-state index contributed by atoms with van der Waals surface area (Å²) in [5.74, 6) is 0.188. The lowest BCUT2D eigenvalue weighted by Crippen LogP contribution is -2.35. The number of benzene rings is 1. The number of methoxy groups -OCH3 is 1. The number of carbonyl (C=O) groups excluding carboxylic acids is 1. The molecule has 1 aromatic carbocycles. The summed E-state index contributed by atoms with van der Waals surface area (Å²) < 4.78 is 4.96. The molecule has 1 atom stereocenters. The molecule has 1 aliphatic rings. The first kappa shape index (κ1) is 14.0. The molecule has 4 heteroatoms. The Bertz CT molecular complexity index is 459. The first-order chi connectivity index (χ1) is 9.15. The molecule has 1 aromatic rings. The van der Waals surface area contributed by atoms with Crippen LogP contribution in [0.3, 0.4) is 0 Å². The summed E-state index contributed by atoms with van der Waals surface area (Å²) in [7, 11) is 1.57. The molecule has 2 rings (SSSR count). The Morgan fingerprint density at radius 3 is 2.95 bits per heavy atom. The highest BCUT2D eigenvalue weighted by molar-refractivity contribution is 5.76. The molecule has 0 aliphatic carbocycles. The molecule has 0 fully saturated rings. The predicted octanol–water partition coefficient (Wildman–Crippen LogP) is 1.66.